The summed E-state index contributed by atoms with van der Waals surface area (Å²) in [6.07, 6.45) is 0.0593. The van der Waals surface area contributed by atoms with Crippen LogP contribution >= 0.6 is 0 Å². The molecule has 1 heterocycles. The molecule has 0 saturated carbocycles. The van der Waals surface area contributed by atoms with Gasteiger partial charge in [-0.1, -0.05) is 0 Å². The highest BCUT2D eigenvalue weighted by Gasteiger charge is 2.26. The Morgan fingerprint density at radius 1 is 1.36 bits per heavy atom. The number of hydrogen-bond donors (Lipinski definition) is 1. The van der Waals surface area contributed by atoms with Crippen molar-refractivity contribution >= 4 is 21.8 Å². The summed E-state index contributed by atoms with van der Waals surface area (Å²) in [5, 5.41) is 0. The maximum atomic E-state index is 11.0. The standard InChI is InChI=1S/C7H11NO5S/c9-6-4-7(10)8(5-6)2-1-3-14(11,12)13/h1-5H2,(H,11,12,13). The quantitative estimate of drug-likeness (QED) is 0.489. The van der Waals surface area contributed by atoms with Gasteiger partial charge in [-0.15, -0.1) is 0 Å². The second-order valence-corrected chi connectivity index (χ2v) is 4.74. The Hall–Kier alpha value is -0.950. The molecule has 0 atom stereocenters. The average Bonchev–Trinajstić information content (AvgIpc) is 2.27. The molecule has 7 heteroatoms. The van der Waals surface area contributed by atoms with Crippen LogP contribution in [0.3, 0.4) is 0 Å². The monoisotopic (exact) mass is 221 g/mol. The number of carbonyl (C=O) groups is 2. The van der Waals surface area contributed by atoms with Gasteiger partial charge in [0.1, 0.15) is 0 Å². The van der Waals surface area contributed by atoms with Crippen LogP contribution in [-0.2, 0) is 19.7 Å². The fraction of sp³-hybridized carbons (Fsp3) is 0.714. The van der Waals surface area contributed by atoms with Crippen LogP contribution in [0.15, 0.2) is 0 Å². The molecule has 1 rings (SSSR count). The molecule has 0 radical (unpaired) electrons. The van der Waals surface area contributed by atoms with Crippen molar-refractivity contribution < 1.29 is 22.6 Å². The van der Waals surface area contributed by atoms with Gasteiger partial charge in [0.2, 0.25) is 5.91 Å². The molecular formula is C7H11NO5S. The third-order valence-electron chi connectivity index (χ3n) is 1.90. The first-order valence-corrected chi connectivity index (χ1v) is 5.74. The number of ketones is 1. The lowest BCUT2D eigenvalue weighted by Gasteiger charge is -2.12. The molecule has 1 fully saturated rings. The number of rotatable bonds is 4. The number of nitrogens with zero attached hydrogens (tertiary/aromatic N) is 1. The molecule has 1 amide bonds. The van der Waals surface area contributed by atoms with Crippen molar-refractivity contribution in [2.75, 3.05) is 18.8 Å². The van der Waals surface area contributed by atoms with Gasteiger partial charge in [0, 0.05) is 6.54 Å². The Morgan fingerprint density at radius 3 is 2.43 bits per heavy atom. The minimum atomic E-state index is -3.97. The highest BCUT2D eigenvalue weighted by atomic mass is 32.2. The van der Waals surface area contributed by atoms with Crippen LogP contribution < -0.4 is 0 Å². The number of Topliss-reactive ketones (excluding diaryl/α,β-unsaturated/α-hetero) is 1. The van der Waals surface area contributed by atoms with E-state index in [4.69, 9.17) is 4.55 Å². The summed E-state index contributed by atoms with van der Waals surface area (Å²) >= 11 is 0. The summed E-state index contributed by atoms with van der Waals surface area (Å²) in [5.74, 6) is -0.808. The van der Waals surface area contributed by atoms with Crippen LogP contribution in [0.5, 0.6) is 0 Å². The van der Waals surface area contributed by atoms with Crippen molar-refractivity contribution in [2.45, 2.75) is 12.8 Å². The molecule has 1 N–H and O–H groups in total. The summed E-state index contributed by atoms with van der Waals surface area (Å²) in [5.41, 5.74) is 0. The third kappa shape index (κ3) is 3.43. The van der Waals surface area contributed by atoms with Gasteiger partial charge in [0.25, 0.3) is 10.1 Å². The van der Waals surface area contributed by atoms with Gasteiger partial charge in [-0.25, -0.2) is 0 Å². The predicted molar refractivity (Wildman–Crippen MR) is 47.2 cm³/mol. The summed E-state index contributed by atoms with van der Waals surface area (Å²) in [6, 6.07) is 0. The van der Waals surface area contributed by atoms with Crippen LogP contribution in [-0.4, -0.2) is 48.4 Å². The van der Waals surface area contributed by atoms with E-state index in [1.165, 1.54) is 4.90 Å². The Morgan fingerprint density at radius 2 is 2.00 bits per heavy atom. The minimum absolute atomic E-state index is 0.0598. The van der Waals surface area contributed by atoms with Gasteiger partial charge in [0.05, 0.1) is 18.7 Å². The molecule has 0 aromatic rings. The zero-order valence-corrected chi connectivity index (χ0v) is 8.29. The predicted octanol–water partition coefficient (Wildman–Crippen LogP) is -0.934. The Balaban J connectivity index is 2.33. The minimum Gasteiger partial charge on any atom is -0.335 e. The molecular weight excluding hydrogens is 210 g/mol. The maximum Gasteiger partial charge on any atom is 0.264 e. The van der Waals surface area contributed by atoms with Gasteiger partial charge in [-0.05, 0) is 6.42 Å². The molecule has 6 nitrogen and oxygen atoms in total. The van der Waals surface area contributed by atoms with Gasteiger partial charge < -0.3 is 4.90 Å². The number of carbonyl (C=O) groups excluding carboxylic acids is 2. The van der Waals surface area contributed by atoms with E-state index in [0.29, 0.717) is 0 Å². The first-order valence-electron chi connectivity index (χ1n) is 4.13. The van der Waals surface area contributed by atoms with Crippen LogP contribution in [0.1, 0.15) is 12.8 Å². The van der Waals surface area contributed by atoms with E-state index in [-0.39, 0.29) is 43.4 Å². The van der Waals surface area contributed by atoms with E-state index in [1.807, 2.05) is 0 Å². The molecule has 0 aliphatic carbocycles. The second-order valence-electron chi connectivity index (χ2n) is 3.17. The van der Waals surface area contributed by atoms with Crippen molar-refractivity contribution in [2.24, 2.45) is 0 Å². The van der Waals surface area contributed by atoms with E-state index < -0.39 is 10.1 Å². The molecule has 0 bridgehead atoms. The summed E-state index contributed by atoms with van der Waals surface area (Å²) in [6.45, 7) is 0.259. The Labute approximate surface area is 81.6 Å². The van der Waals surface area contributed by atoms with Crippen LogP contribution in [0.25, 0.3) is 0 Å². The molecule has 0 aromatic heterocycles. The van der Waals surface area contributed by atoms with Gasteiger partial charge in [-0.3, -0.25) is 14.1 Å². The van der Waals surface area contributed by atoms with Crippen molar-refractivity contribution in [3.63, 3.8) is 0 Å². The zero-order valence-electron chi connectivity index (χ0n) is 7.47. The van der Waals surface area contributed by atoms with Crippen LogP contribution in [0.2, 0.25) is 0 Å². The van der Waals surface area contributed by atoms with Crippen molar-refractivity contribution in [3.05, 3.63) is 0 Å². The highest BCUT2D eigenvalue weighted by molar-refractivity contribution is 7.85. The highest BCUT2D eigenvalue weighted by Crippen LogP contribution is 2.07. The largest absolute Gasteiger partial charge is 0.335 e. The van der Waals surface area contributed by atoms with Gasteiger partial charge in [0.15, 0.2) is 5.78 Å². The van der Waals surface area contributed by atoms with E-state index in [1.54, 1.807) is 0 Å². The molecule has 0 unspecified atom stereocenters. The number of amides is 1. The molecule has 14 heavy (non-hydrogen) atoms. The summed E-state index contributed by atoms with van der Waals surface area (Å²) < 4.78 is 29.1. The fourth-order valence-corrected chi connectivity index (χ4v) is 1.77. The smallest absolute Gasteiger partial charge is 0.264 e. The molecule has 0 spiro atoms. The van der Waals surface area contributed by atoms with Crippen LogP contribution in [0, 0.1) is 0 Å². The lowest BCUT2D eigenvalue weighted by Crippen LogP contribution is -2.27. The molecule has 80 valence electrons. The first kappa shape index (κ1) is 11.1. The lowest BCUT2D eigenvalue weighted by molar-refractivity contribution is -0.127. The van der Waals surface area contributed by atoms with Gasteiger partial charge in [-0.2, -0.15) is 8.42 Å². The molecule has 1 aliphatic heterocycles. The van der Waals surface area contributed by atoms with E-state index >= 15 is 0 Å². The fourth-order valence-electron chi connectivity index (χ4n) is 1.28. The van der Waals surface area contributed by atoms with Crippen molar-refractivity contribution in [3.8, 4) is 0 Å². The van der Waals surface area contributed by atoms with E-state index in [0.717, 1.165) is 0 Å². The van der Waals surface area contributed by atoms with Crippen molar-refractivity contribution in [1.82, 2.24) is 4.90 Å². The zero-order chi connectivity index (χ0) is 10.8. The number of likely N-dealkylation sites (tertiary alicyclic amines) is 1. The van der Waals surface area contributed by atoms with E-state index in [2.05, 4.69) is 0 Å². The topological polar surface area (TPSA) is 91.8 Å². The van der Waals surface area contributed by atoms with Crippen LogP contribution in [0.4, 0.5) is 0 Å². The SMILES string of the molecule is O=C1CC(=O)N(CCCS(=O)(=O)O)C1. The van der Waals surface area contributed by atoms with Gasteiger partial charge >= 0.3 is 0 Å². The summed E-state index contributed by atoms with van der Waals surface area (Å²) in [4.78, 5) is 23.1. The Kier molecular flexibility index (Phi) is 3.22. The normalized spacial score (nSPS) is 17.9. The molecule has 1 saturated heterocycles. The number of hydrogen-bond acceptors (Lipinski definition) is 4. The summed E-state index contributed by atoms with van der Waals surface area (Å²) in [7, 11) is -3.97. The van der Waals surface area contributed by atoms with E-state index in [9.17, 15) is 18.0 Å². The first-order chi connectivity index (χ1) is 6.38. The lowest BCUT2D eigenvalue weighted by atomic mass is 10.3. The van der Waals surface area contributed by atoms with Crippen molar-refractivity contribution in [1.29, 1.82) is 0 Å². The Bertz CT molecular complexity index is 347. The molecule has 1 aliphatic rings. The maximum absolute atomic E-state index is 11.0. The third-order valence-corrected chi connectivity index (χ3v) is 2.70. The average molecular weight is 221 g/mol. The second kappa shape index (κ2) is 4.05. The molecule has 0 aromatic carbocycles.